The third-order valence-electron chi connectivity index (χ3n) is 4.21. The summed E-state index contributed by atoms with van der Waals surface area (Å²) < 4.78 is 9.48. The fourth-order valence-electron chi connectivity index (χ4n) is 2.97. The summed E-state index contributed by atoms with van der Waals surface area (Å²) in [5, 5.41) is 2.08. The lowest BCUT2D eigenvalue weighted by atomic mass is 10.1. The predicted octanol–water partition coefficient (Wildman–Crippen LogP) is -0.175. The summed E-state index contributed by atoms with van der Waals surface area (Å²) in [5.74, 6) is -0.517. The van der Waals surface area contributed by atoms with E-state index in [2.05, 4.69) is 28.6 Å². The van der Waals surface area contributed by atoms with Crippen LogP contribution in [-0.4, -0.2) is 40.0 Å². The number of rotatable bonds is 4. The van der Waals surface area contributed by atoms with Gasteiger partial charge in [0.05, 0.1) is 30.1 Å². The highest BCUT2D eigenvalue weighted by molar-refractivity contribution is 7.07. The number of carbonyl (C=O) groups excluding carboxylic acids is 2. The van der Waals surface area contributed by atoms with E-state index in [0.717, 1.165) is 5.69 Å². The molecule has 1 aliphatic rings. The molecule has 0 unspecified atom stereocenters. The molecule has 0 saturated carbocycles. The lowest BCUT2D eigenvalue weighted by molar-refractivity contribution is -0.591. The van der Waals surface area contributed by atoms with Crippen LogP contribution in [0.3, 0.4) is 0 Å². The van der Waals surface area contributed by atoms with Crippen molar-refractivity contribution < 1.29 is 35.5 Å². The van der Waals surface area contributed by atoms with Crippen LogP contribution in [0.4, 0.5) is 0 Å². The first-order valence-corrected chi connectivity index (χ1v) is 11.4. The zero-order valence-electron chi connectivity index (χ0n) is 14.8. The zero-order chi connectivity index (χ0) is 19.0. The Bertz CT molecular complexity index is 1010. The summed E-state index contributed by atoms with van der Waals surface area (Å²) in [7, 11) is 1.74. The van der Waals surface area contributed by atoms with Gasteiger partial charge in [-0.05, 0) is 30.5 Å². The van der Waals surface area contributed by atoms with Crippen LogP contribution in [0.2, 0.25) is 0 Å². The number of nitrogens with zero attached hydrogens (tertiary/aromatic N) is 3. The molecule has 1 aromatic carbocycles. The highest BCUT2D eigenvalue weighted by Gasteiger charge is 2.30. The van der Waals surface area contributed by atoms with Crippen LogP contribution in [0, 0.1) is 6.45 Å². The first-order chi connectivity index (χ1) is 13.1. The molecule has 3 heterocycles. The third-order valence-corrected chi connectivity index (χ3v) is 8.33. The Morgan fingerprint density at radius 1 is 1.37 bits per heavy atom. The van der Waals surface area contributed by atoms with Crippen molar-refractivity contribution in [1.82, 2.24) is 14.5 Å². The monoisotopic (exact) mass is 494 g/mol. The van der Waals surface area contributed by atoms with E-state index in [4.69, 9.17) is 4.74 Å². The molecule has 27 heavy (non-hydrogen) atoms. The van der Waals surface area contributed by atoms with Gasteiger partial charge in [0.15, 0.2) is 9.26 Å². The maximum atomic E-state index is 13.0. The van der Waals surface area contributed by atoms with E-state index in [1.54, 1.807) is 36.5 Å². The molecule has 1 amide bonds. The molecule has 0 spiro atoms. The smallest absolute Gasteiger partial charge is 0.369 e. The van der Waals surface area contributed by atoms with Crippen LogP contribution in [0.1, 0.15) is 33.5 Å². The van der Waals surface area contributed by atoms with Gasteiger partial charge in [-0.3, -0.25) is 9.36 Å². The standard InChI is InChI=1S/C19H17IN3O3S/c1-3-26-19(25)17-15-10-22(2)18(24)13-9-12(20-16-5-4-8-27-16)6-7-14(13)23(15)11-21-17/h4-9,11H,3,10H2,1-2H3/q+1. The molecule has 8 heteroatoms. The van der Waals surface area contributed by atoms with E-state index in [-0.39, 0.29) is 39.4 Å². The fraction of sp³-hybridized carbons (Fsp3) is 0.211. The number of amides is 1. The van der Waals surface area contributed by atoms with Gasteiger partial charge in [0.1, 0.15) is 6.33 Å². The number of ether oxygens (including phenoxy) is 1. The van der Waals surface area contributed by atoms with Gasteiger partial charge in [-0.15, -0.1) is 0 Å². The van der Waals surface area contributed by atoms with Crippen molar-refractivity contribution in [1.29, 1.82) is 0 Å². The normalized spacial score (nSPS) is 13.1. The predicted molar refractivity (Wildman–Crippen MR) is 97.0 cm³/mol. The summed E-state index contributed by atoms with van der Waals surface area (Å²) in [6, 6.07) is 10.2. The van der Waals surface area contributed by atoms with E-state index in [1.165, 1.54) is 6.45 Å². The molecule has 0 atom stereocenters. The van der Waals surface area contributed by atoms with Crippen molar-refractivity contribution in [2.75, 3.05) is 13.7 Å². The summed E-state index contributed by atoms with van der Waals surface area (Å²) in [6.07, 6.45) is 1.60. The Morgan fingerprint density at radius 2 is 2.22 bits per heavy atom. The summed E-state index contributed by atoms with van der Waals surface area (Å²) >= 11 is 1.42. The summed E-state index contributed by atoms with van der Waals surface area (Å²) in [6.45, 7) is 2.35. The SMILES string of the molecule is CCOC(=O)c1ncn2c1CN(C)C(=O)c1cc([I+]c3cccs3)ccc1-2. The number of imidazole rings is 1. The number of fused-ring (bicyclic) bond motifs is 3. The van der Waals surface area contributed by atoms with Crippen molar-refractivity contribution in [3.8, 4) is 5.69 Å². The second-order valence-electron chi connectivity index (χ2n) is 5.96. The highest BCUT2D eigenvalue weighted by atomic mass is 127. The van der Waals surface area contributed by atoms with Gasteiger partial charge in [-0.1, -0.05) is 11.3 Å². The molecule has 0 aliphatic carbocycles. The highest BCUT2D eigenvalue weighted by Crippen LogP contribution is 2.25. The van der Waals surface area contributed by atoms with Crippen LogP contribution in [0.15, 0.2) is 42.0 Å². The Balaban J connectivity index is 1.79. The Labute approximate surface area is 171 Å². The largest absolute Gasteiger partial charge is 0.461 e. The summed E-state index contributed by atoms with van der Waals surface area (Å²) in [4.78, 5) is 31.1. The molecule has 138 valence electrons. The maximum Gasteiger partial charge on any atom is 0.369 e. The van der Waals surface area contributed by atoms with Gasteiger partial charge in [0.2, 0.25) is 2.88 Å². The van der Waals surface area contributed by atoms with Crippen LogP contribution in [0.25, 0.3) is 5.69 Å². The van der Waals surface area contributed by atoms with E-state index in [0.29, 0.717) is 17.8 Å². The molecule has 0 N–H and O–H groups in total. The minimum absolute atomic E-state index is 0.0550. The number of hydrogen-bond acceptors (Lipinski definition) is 5. The topological polar surface area (TPSA) is 64.4 Å². The van der Waals surface area contributed by atoms with Crippen molar-refractivity contribution in [3.63, 3.8) is 0 Å². The van der Waals surface area contributed by atoms with Crippen molar-refractivity contribution in [2.45, 2.75) is 13.5 Å². The van der Waals surface area contributed by atoms with E-state index in [9.17, 15) is 9.59 Å². The molecule has 0 bridgehead atoms. The fourth-order valence-corrected chi connectivity index (χ4v) is 6.71. The number of hydrogen-bond donors (Lipinski definition) is 0. The van der Waals surface area contributed by atoms with Gasteiger partial charge >= 0.3 is 27.2 Å². The molecule has 0 fully saturated rings. The molecule has 0 saturated heterocycles. The molecular formula is C19H17IN3O3S+. The van der Waals surface area contributed by atoms with Gasteiger partial charge in [-0.25, -0.2) is 9.78 Å². The van der Waals surface area contributed by atoms with Crippen molar-refractivity contribution >= 4 is 23.2 Å². The molecule has 2 aromatic heterocycles. The molecule has 3 aromatic rings. The average molecular weight is 494 g/mol. The number of benzene rings is 1. The van der Waals surface area contributed by atoms with E-state index >= 15 is 0 Å². The van der Waals surface area contributed by atoms with Crippen LogP contribution >= 0.6 is 11.3 Å². The van der Waals surface area contributed by atoms with Gasteiger partial charge in [0.25, 0.3) is 5.91 Å². The quantitative estimate of drug-likeness (QED) is 0.373. The number of aromatic nitrogens is 2. The Kier molecular flexibility index (Phi) is 5.00. The van der Waals surface area contributed by atoms with Crippen molar-refractivity contribution in [2.24, 2.45) is 0 Å². The van der Waals surface area contributed by atoms with E-state index in [1.807, 2.05) is 16.7 Å². The second-order valence-corrected chi connectivity index (χ2v) is 10.6. The lowest BCUT2D eigenvalue weighted by Crippen LogP contribution is -3.61. The number of thiophene rings is 1. The second kappa shape index (κ2) is 7.43. The minimum atomic E-state index is -0.462. The number of carbonyl (C=O) groups is 2. The van der Waals surface area contributed by atoms with Crippen LogP contribution in [-0.2, 0) is 11.3 Å². The lowest BCUT2D eigenvalue weighted by Gasteiger charge is -2.14. The molecule has 6 nitrogen and oxygen atoms in total. The average Bonchev–Trinajstić information content (AvgIpc) is 3.29. The zero-order valence-corrected chi connectivity index (χ0v) is 17.8. The Morgan fingerprint density at radius 3 is 2.96 bits per heavy atom. The number of esters is 1. The molecule has 0 radical (unpaired) electrons. The summed E-state index contributed by atoms with van der Waals surface area (Å²) in [5.41, 5.74) is 2.32. The van der Waals surface area contributed by atoms with Crippen LogP contribution < -0.4 is 21.2 Å². The molecular weight excluding hydrogens is 477 g/mol. The van der Waals surface area contributed by atoms with Crippen molar-refractivity contribution in [3.05, 3.63) is 65.4 Å². The maximum absolute atomic E-state index is 13.0. The van der Waals surface area contributed by atoms with E-state index < -0.39 is 5.97 Å². The van der Waals surface area contributed by atoms with Gasteiger partial charge in [0, 0.05) is 19.2 Å². The molecule has 1 aliphatic heterocycles. The van der Waals surface area contributed by atoms with Gasteiger partial charge < -0.3 is 9.64 Å². The van der Waals surface area contributed by atoms with Gasteiger partial charge in [-0.2, -0.15) is 0 Å². The first kappa shape index (κ1) is 18.2. The Hall–Kier alpha value is -2.20. The third kappa shape index (κ3) is 3.39. The first-order valence-electron chi connectivity index (χ1n) is 8.40. The number of halogens is 1. The van der Waals surface area contributed by atoms with Crippen LogP contribution in [0.5, 0.6) is 0 Å². The minimum Gasteiger partial charge on any atom is -0.461 e. The molecule has 4 rings (SSSR count).